The van der Waals surface area contributed by atoms with Gasteiger partial charge in [-0.1, -0.05) is 0 Å². The summed E-state index contributed by atoms with van der Waals surface area (Å²) >= 11 is 0. The zero-order valence-electron chi connectivity index (χ0n) is 24.0. The molecule has 0 heterocycles. The predicted octanol–water partition coefficient (Wildman–Crippen LogP) is 5.57. The Morgan fingerprint density at radius 3 is 1.62 bits per heavy atom. The fourth-order valence-corrected chi connectivity index (χ4v) is 27.8. The first-order chi connectivity index (χ1) is 15.2. The Hall–Kier alpha value is 0.314. The van der Waals surface area contributed by atoms with E-state index in [0.29, 0.717) is 19.7 Å². The zero-order chi connectivity index (χ0) is 26.8. The number of carbonyl (C=O) groups excluding carboxylic acids is 1. The molecule has 0 aliphatic rings. The van der Waals surface area contributed by atoms with Gasteiger partial charge >= 0.3 is 25.7 Å². The van der Waals surface area contributed by atoms with E-state index in [-0.39, 0.29) is 18.8 Å². The summed E-state index contributed by atoms with van der Waals surface area (Å²) in [7, 11) is -10.6. The smallest absolute Gasteiger partial charge is 0.314 e. The van der Waals surface area contributed by atoms with Crippen molar-refractivity contribution in [3.63, 3.8) is 0 Å². The van der Waals surface area contributed by atoms with E-state index in [1.54, 1.807) is 0 Å². The highest BCUT2D eigenvalue weighted by Crippen LogP contribution is 2.27. The fourth-order valence-electron chi connectivity index (χ4n) is 4.05. The van der Waals surface area contributed by atoms with Gasteiger partial charge in [-0.15, -0.1) is 0 Å². The van der Waals surface area contributed by atoms with E-state index in [0.717, 1.165) is 12.5 Å². The fraction of sp³-hybridized carbons (Fsp3) is 0.952. The maximum atomic E-state index is 10.2. The molecule has 0 N–H and O–H groups in total. The third-order valence-electron chi connectivity index (χ3n) is 4.40. The molecular weight excluding hydrogens is 521 g/mol. The van der Waals surface area contributed by atoms with Crippen LogP contribution in [-0.4, -0.2) is 80.8 Å². The van der Waals surface area contributed by atoms with Gasteiger partial charge in [0.1, 0.15) is 6.61 Å². The van der Waals surface area contributed by atoms with E-state index in [4.69, 9.17) is 30.7 Å². The largest absolute Gasteiger partial charge is 0.465 e. The van der Waals surface area contributed by atoms with Crippen LogP contribution in [0.25, 0.3) is 0 Å². The molecule has 0 aliphatic carbocycles. The van der Waals surface area contributed by atoms with Gasteiger partial charge in [-0.05, 0) is 98.3 Å². The second-order valence-electron chi connectivity index (χ2n) is 11.8. The van der Waals surface area contributed by atoms with Crippen LogP contribution in [0.3, 0.4) is 0 Å². The average Bonchev–Trinajstić information content (AvgIpc) is 2.56. The van der Waals surface area contributed by atoms with Crippen molar-refractivity contribution in [1.82, 2.24) is 0 Å². The number of ether oxygens (including phenoxy) is 3. The second-order valence-corrected chi connectivity index (χ2v) is 31.7. The van der Waals surface area contributed by atoms with Crippen LogP contribution in [0.2, 0.25) is 78.1 Å². The normalized spacial score (nSPS) is 15.8. The summed E-state index contributed by atoms with van der Waals surface area (Å²) in [6.45, 7) is 29.4. The maximum absolute atomic E-state index is 10.2. The summed E-state index contributed by atoms with van der Waals surface area (Å²) in [5, 5.41) is 0. The topological polar surface area (TPSA) is 81.7 Å². The van der Waals surface area contributed by atoms with E-state index in [2.05, 4.69) is 72.0 Å². The minimum Gasteiger partial charge on any atom is -0.465 e. The Balaban J connectivity index is 4.54. The van der Waals surface area contributed by atoms with Gasteiger partial charge in [-0.25, -0.2) is 0 Å². The first-order valence-corrected chi connectivity index (χ1v) is 27.2. The van der Waals surface area contributed by atoms with Crippen LogP contribution in [0.1, 0.15) is 20.3 Å². The van der Waals surface area contributed by atoms with Crippen molar-refractivity contribution in [3.05, 3.63) is 0 Å². The number of carbonyl (C=O) groups is 1. The summed E-state index contributed by atoms with van der Waals surface area (Å²) in [6.07, 6.45) is 0.766. The molecule has 0 radical (unpaired) electrons. The Morgan fingerprint density at radius 2 is 1.12 bits per heavy atom. The molecule has 2 unspecified atom stereocenters. The van der Waals surface area contributed by atoms with Gasteiger partial charge in [-0.3, -0.25) is 4.79 Å². The highest BCUT2D eigenvalue weighted by atomic mass is 28.5. The lowest BCUT2D eigenvalue weighted by atomic mass is 10.4. The van der Waals surface area contributed by atoms with Crippen molar-refractivity contribution in [2.24, 2.45) is 0 Å². The molecule has 0 saturated heterocycles. The van der Waals surface area contributed by atoms with Crippen LogP contribution in [0.15, 0.2) is 0 Å². The summed E-state index contributed by atoms with van der Waals surface area (Å²) < 4.78 is 42.4. The van der Waals surface area contributed by atoms with Gasteiger partial charge in [0, 0.05) is 6.61 Å². The van der Waals surface area contributed by atoms with Crippen LogP contribution in [0.4, 0.5) is 0 Å². The highest BCUT2D eigenvalue weighted by molar-refractivity contribution is 6.90. The SMILES string of the molecule is CC(COC=O)OCC(C)OCCC[Si](C)(C)O[Si](C)(C)O[Si](C)(C)O[Si](C)(C)O[Si](C)(C)C. The molecule has 2 atom stereocenters. The molecule has 13 heteroatoms. The molecule has 0 fully saturated rings. The minimum atomic E-state index is -2.40. The lowest BCUT2D eigenvalue weighted by molar-refractivity contribution is -0.133. The van der Waals surface area contributed by atoms with E-state index >= 15 is 0 Å². The van der Waals surface area contributed by atoms with E-state index < -0.39 is 42.3 Å². The van der Waals surface area contributed by atoms with Crippen molar-refractivity contribution in [3.8, 4) is 0 Å². The van der Waals surface area contributed by atoms with E-state index in [1.807, 2.05) is 13.8 Å². The van der Waals surface area contributed by atoms with Gasteiger partial charge in [0.15, 0.2) is 16.6 Å². The van der Waals surface area contributed by atoms with Crippen molar-refractivity contribution < 1.29 is 35.5 Å². The van der Waals surface area contributed by atoms with Crippen LogP contribution in [-0.2, 0) is 35.5 Å². The van der Waals surface area contributed by atoms with Crippen molar-refractivity contribution in [2.45, 2.75) is 111 Å². The van der Waals surface area contributed by atoms with Crippen LogP contribution in [0.5, 0.6) is 0 Å². The first kappa shape index (κ1) is 34.3. The number of rotatable bonds is 19. The summed E-state index contributed by atoms with van der Waals surface area (Å²) in [5.41, 5.74) is 0. The van der Waals surface area contributed by atoms with E-state index in [1.165, 1.54) is 0 Å². The molecule has 0 spiro atoms. The molecule has 0 saturated carbocycles. The zero-order valence-corrected chi connectivity index (χ0v) is 29.0. The Labute approximate surface area is 214 Å². The molecule has 8 nitrogen and oxygen atoms in total. The quantitative estimate of drug-likeness (QED) is 0.113. The molecule has 0 amide bonds. The minimum absolute atomic E-state index is 0.0200. The van der Waals surface area contributed by atoms with Gasteiger partial charge < -0.3 is 30.7 Å². The van der Waals surface area contributed by atoms with Crippen LogP contribution in [0, 0.1) is 0 Å². The van der Waals surface area contributed by atoms with Crippen LogP contribution < -0.4 is 0 Å². The number of hydrogen-bond acceptors (Lipinski definition) is 8. The third-order valence-corrected chi connectivity index (χ3v) is 22.4. The summed E-state index contributed by atoms with van der Waals surface area (Å²) in [4.78, 5) is 10.2. The molecule has 0 aromatic carbocycles. The lowest BCUT2D eigenvalue weighted by Crippen LogP contribution is -2.58. The van der Waals surface area contributed by atoms with Crippen molar-refractivity contribution in [2.75, 3.05) is 19.8 Å². The van der Waals surface area contributed by atoms with Gasteiger partial charge in [0.25, 0.3) is 6.47 Å². The average molecular weight is 573 g/mol. The molecular formula is C21H52O8Si5. The van der Waals surface area contributed by atoms with Gasteiger partial charge in [-0.2, -0.15) is 0 Å². The highest BCUT2D eigenvalue weighted by Gasteiger charge is 2.45. The van der Waals surface area contributed by atoms with Crippen LogP contribution >= 0.6 is 0 Å². The molecule has 0 aromatic heterocycles. The molecule has 34 heavy (non-hydrogen) atoms. The maximum Gasteiger partial charge on any atom is 0.314 e. The molecule has 204 valence electrons. The Morgan fingerprint density at radius 1 is 0.647 bits per heavy atom. The first-order valence-electron chi connectivity index (χ1n) is 12.3. The molecule has 0 rings (SSSR count). The summed E-state index contributed by atoms with van der Waals surface area (Å²) in [5.74, 6) is 0. The molecule has 0 bridgehead atoms. The van der Waals surface area contributed by atoms with Gasteiger partial charge in [0.05, 0.1) is 18.8 Å². The van der Waals surface area contributed by atoms with Gasteiger partial charge in [0.2, 0.25) is 0 Å². The number of hydrogen-bond donors (Lipinski definition) is 0. The van der Waals surface area contributed by atoms with Crippen molar-refractivity contribution >= 4 is 48.8 Å². The standard InChI is InChI=1S/C21H52O8Si5/c1-20(17-23-19-22)25-18-21(2)24-15-14-16-31(6,7)27-33(10,11)29-34(12,13)28-32(8,9)26-30(3,4)5/h19-21H,14-18H2,1-13H3. The second kappa shape index (κ2) is 14.3. The van der Waals surface area contributed by atoms with E-state index in [9.17, 15) is 4.79 Å². The molecule has 0 aromatic rings. The molecule has 0 aliphatic heterocycles. The predicted molar refractivity (Wildman–Crippen MR) is 150 cm³/mol. The summed E-state index contributed by atoms with van der Waals surface area (Å²) in [6, 6.07) is 0.992. The monoisotopic (exact) mass is 572 g/mol. The van der Waals surface area contributed by atoms with Crippen molar-refractivity contribution in [1.29, 1.82) is 0 Å². The Kier molecular flexibility index (Phi) is 14.4. The lowest BCUT2D eigenvalue weighted by Gasteiger charge is -2.42. The third kappa shape index (κ3) is 18.6. The Bertz CT molecular complexity index is 596.